The molecule has 0 saturated carbocycles. The number of nitrogens with two attached hydrogens (primary N) is 1. The zero-order chi connectivity index (χ0) is 23.7. The maximum absolute atomic E-state index is 12.3. The number of nitrogens with zero attached hydrogens (tertiary/aromatic N) is 4. The molecule has 2 heterocycles. The molecule has 1 amide bonds. The van der Waals surface area contributed by atoms with Crippen LogP contribution in [0.15, 0.2) is 42.5 Å². The fourth-order valence-electron chi connectivity index (χ4n) is 3.26. The highest BCUT2D eigenvalue weighted by molar-refractivity contribution is 5.96. The number of ether oxygens (including phenoxy) is 2. The van der Waals surface area contributed by atoms with Crippen LogP contribution in [0.4, 0.5) is 0 Å². The Morgan fingerprint density at radius 1 is 1.03 bits per heavy atom. The largest absolute Gasteiger partial charge is 0.437 e. The van der Waals surface area contributed by atoms with Gasteiger partial charge in [0, 0.05) is 25.2 Å². The molecular formula is C23H23N7O3. The number of nitrogen functional groups attached to an aromatic ring is 1. The second-order valence-electron chi connectivity index (χ2n) is 7.65. The second-order valence-corrected chi connectivity index (χ2v) is 7.65. The smallest absolute Gasteiger partial charge is 0.327 e. The number of benzene rings is 2. The summed E-state index contributed by atoms with van der Waals surface area (Å²) in [5.41, 5.74) is 8.40. The summed E-state index contributed by atoms with van der Waals surface area (Å²) in [6.45, 7) is 3.64. The lowest BCUT2D eigenvalue weighted by Crippen LogP contribution is -2.21. The zero-order valence-electron chi connectivity index (χ0n) is 18.6. The maximum atomic E-state index is 12.3. The summed E-state index contributed by atoms with van der Waals surface area (Å²) < 4.78 is 11.9. The first-order valence-electron chi connectivity index (χ1n) is 10.1. The molecule has 0 atom stereocenters. The molecule has 0 bridgehead atoms. The molecule has 0 spiro atoms. The summed E-state index contributed by atoms with van der Waals surface area (Å²) in [5.74, 6) is 1.60. The standard InChI is InChI=1S/C23H23N7O3/c1-12-10-16(8-9-17(12)19(24)25)32-21-18-20(27-13(2)26-18)28-23(29-21)33-15-7-5-6-14(11-15)22(31)30(3)4/h5-11H,1-4H3,(H3,24,25)(H,26,27,28,29). The van der Waals surface area contributed by atoms with E-state index in [1.54, 1.807) is 63.5 Å². The van der Waals surface area contributed by atoms with E-state index in [-0.39, 0.29) is 23.6 Å². The van der Waals surface area contributed by atoms with Crippen LogP contribution in [-0.4, -0.2) is 50.7 Å². The number of H-pyrrole nitrogens is 1. The molecule has 4 N–H and O–H groups in total. The molecule has 0 saturated heterocycles. The molecule has 0 radical (unpaired) electrons. The van der Waals surface area contributed by atoms with Crippen molar-refractivity contribution in [2.75, 3.05) is 14.1 Å². The van der Waals surface area contributed by atoms with E-state index in [0.717, 1.165) is 5.56 Å². The van der Waals surface area contributed by atoms with Crippen LogP contribution in [0.5, 0.6) is 23.4 Å². The first-order chi connectivity index (χ1) is 15.7. The third-order valence-corrected chi connectivity index (χ3v) is 4.81. The Balaban J connectivity index is 1.69. The quantitative estimate of drug-likeness (QED) is 0.304. The van der Waals surface area contributed by atoms with E-state index in [1.807, 2.05) is 6.92 Å². The molecule has 0 aliphatic heterocycles. The number of imidazole rings is 1. The van der Waals surface area contributed by atoms with Crippen LogP contribution < -0.4 is 15.2 Å². The SMILES string of the molecule is Cc1nc2c(Oc3ccc(C(=N)N)c(C)c3)nc(Oc3cccc(C(=O)N(C)C)c3)nc2[nH]1. The summed E-state index contributed by atoms with van der Waals surface area (Å²) in [5, 5.41) is 7.64. The Labute approximate surface area is 189 Å². The first kappa shape index (κ1) is 21.8. The van der Waals surface area contributed by atoms with Gasteiger partial charge in [-0.25, -0.2) is 4.98 Å². The number of fused-ring (bicyclic) bond motifs is 1. The Kier molecular flexibility index (Phi) is 5.65. The number of carbonyl (C=O) groups excluding carboxylic acids is 1. The van der Waals surface area contributed by atoms with Gasteiger partial charge in [0.25, 0.3) is 11.8 Å². The van der Waals surface area contributed by atoms with Crippen LogP contribution in [0, 0.1) is 19.3 Å². The topological polar surface area (TPSA) is 143 Å². The van der Waals surface area contributed by atoms with Crippen molar-refractivity contribution in [3.05, 3.63) is 65.0 Å². The molecule has 2 aromatic carbocycles. The number of hydrogen-bond acceptors (Lipinski definition) is 7. The van der Waals surface area contributed by atoms with Crippen molar-refractivity contribution >= 4 is 22.9 Å². The molecule has 0 aliphatic rings. The number of carbonyl (C=O) groups is 1. The molecule has 33 heavy (non-hydrogen) atoms. The summed E-state index contributed by atoms with van der Waals surface area (Å²) in [7, 11) is 3.36. The van der Waals surface area contributed by atoms with Crippen LogP contribution >= 0.6 is 0 Å². The Hall–Kier alpha value is -4.47. The molecule has 10 nitrogen and oxygen atoms in total. The van der Waals surface area contributed by atoms with Gasteiger partial charge in [-0.1, -0.05) is 6.07 Å². The van der Waals surface area contributed by atoms with Gasteiger partial charge >= 0.3 is 6.01 Å². The summed E-state index contributed by atoms with van der Waals surface area (Å²) >= 11 is 0. The molecule has 168 valence electrons. The highest BCUT2D eigenvalue weighted by Gasteiger charge is 2.17. The molecule has 0 unspecified atom stereocenters. The van der Waals surface area contributed by atoms with Gasteiger partial charge in [-0.2, -0.15) is 9.97 Å². The van der Waals surface area contributed by atoms with Crippen molar-refractivity contribution in [2.24, 2.45) is 5.73 Å². The fraction of sp³-hybridized carbons (Fsp3) is 0.174. The predicted molar refractivity (Wildman–Crippen MR) is 123 cm³/mol. The summed E-state index contributed by atoms with van der Waals surface area (Å²) in [4.78, 5) is 30.0. The van der Waals surface area contributed by atoms with Gasteiger partial charge in [-0.05, 0) is 55.8 Å². The lowest BCUT2D eigenvalue weighted by molar-refractivity contribution is 0.0827. The van der Waals surface area contributed by atoms with Crippen molar-refractivity contribution < 1.29 is 14.3 Å². The van der Waals surface area contributed by atoms with E-state index >= 15 is 0 Å². The fourth-order valence-corrected chi connectivity index (χ4v) is 3.26. The summed E-state index contributed by atoms with van der Waals surface area (Å²) in [6, 6.07) is 12.0. The molecule has 4 rings (SSSR count). The van der Waals surface area contributed by atoms with Crippen LogP contribution in [0.25, 0.3) is 11.2 Å². The number of hydrogen-bond donors (Lipinski definition) is 3. The minimum atomic E-state index is -0.144. The third-order valence-electron chi connectivity index (χ3n) is 4.81. The van der Waals surface area contributed by atoms with Gasteiger partial charge in [-0.3, -0.25) is 10.2 Å². The number of nitrogens with one attached hydrogen (secondary N) is 2. The number of amides is 1. The molecule has 4 aromatic rings. The van der Waals surface area contributed by atoms with E-state index in [9.17, 15) is 4.79 Å². The van der Waals surface area contributed by atoms with Crippen molar-refractivity contribution in [3.63, 3.8) is 0 Å². The van der Waals surface area contributed by atoms with Gasteiger partial charge < -0.3 is 25.1 Å². The van der Waals surface area contributed by atoms with E-state index in [4.69, 9.17) is 20.6 Å². The van der Waals surface area contributed by atoms with Crippen LogP contribution in [0.1, 0.15) is 27.3 Å². The highest BCUT2D eigenvalue weighted by atomic mass is 16.5. The van der Waals surface area contributed by atoms with E-state index in [2.05, 4.69) is 19.9 Å². The maximum Gasteiger partial charge on any atom is 0.327 e. The minimum Gasteiger partial charge on any atom is -0.437 e. The first-order valence-corrected chi connectivity index (χ1v) is 10.1. The number of rotatable bonds is 6. The lowest BCUT2D eigenvalue weighted by atomic mass is 10.1. The van der Waals surface area contributed by atoms with Crippen LogP contribution in [0.2, 0.25) is 0 Å². The van der Waals surface area contributed by atoms with Gasteiger partial charge in [-0.15, -0.1) is 0 Å². The second kappa shape index (κ2) is 8.58. The highest BCUT2D eigenvalue weighted by Crippen LogP contribution is 2.30. The van der Waals surface area contributed by atoms with Crippen molar-refractivity contribution in [1.82, 2.24) is 24.8 Å². The molecular weight excluding hydrogens is 422 g/mol. The van der Waals surface area contributed by atoms with Gasteiger partial charge in [0.1, 0.15) is 23.2 Å². The van der Waals surface area contributed by atoms with E-state index in [0.29, 0.717) is 39.6 Å². The predicted octanol–water partition coefficient (Wildman–Crippen LogP) is 3.54. The van der Waals surface area contributed by atoms with E-state index < -0.39 is 0 Å². The Bertz CT molecular complexity index is 1380. The molecule has 2 aromatic heterocycles. The average Bonchev–Trinajstić information content (AvgIpc) is 3.13. The number of aromatic nitrogens is 4. The molecule has 10 heteroatoms. The third kappa shape index (κ3) is 4.59. The normalized spacial score (nSPS) is 10.8. The van der Waals surface area contributed by atoms with Crippen molar-refractivity contribution in [1.29, 1.82) is 5.41 Å². The number of aromatic amines is 1. The Morgan fingerprint density at radius 3 is 2.48 bits per heavy atom. The lowest BCUT2D eigenvalue weighted by Gasteiger charge is -2.12. The monoisotopic (exact) mass is 445 g/mol. The van der Waals surface area contributed by atoms with Gasteiger partial charge in [0.2, 0.25) is 0 Å². The molecule has 0 aliphatic carbocycles. The minimum absolute atomic E-state index is 0.0166. The van der Waals surface area contributed by atoms with Crippen molar-refractivity contribution in [3.8, 4) is 23.4 Å². The van der Waals surface area contributed by atoms with Crippen molar-refractivity contribution in [2.45, 2.75) is 13.8 Å². The van der Waals surface area contributed by atoms with Crippen LogP contribution in [-0.2, 0) is 0 Å². The zero-order valence-corrected chi connectivity index (χ0v) is 18.6. The van der Waals surface area contributed by atoms with Crippen LogP contribution in [0.3, 0.4) is 0 Å². The molecule has 0 fully saturated rings. The number of aryl methyl sites for hydroxylation is 2. The van der Waals surface area contributed by atoms with Gasteiger partial charge in [0.15, 0.2) is 11.2 Å². The van der Waals surface area contributed by atoms with E-state index in [1.165, 1.54) is 4.90 Å². The average molecular weight is 445 g/mol. The number of amidine groups is 1. The summed E-state index contributed by atoms with van der Waals surface area (Å²) in [6.07, 6.45) is 0. The Morgan fingerprint density at radius 2 is 1.79 bits per heavy atom. The van der Waals surface area contributed by atoms with Gasteiger partial charge in [0.05, 0.1) is 0 Å².